The van der Waals surface area contributed by atoms with Crippen LogP contribution in [0.1, 0.15) is 46.8 Å². The first kappa shape index (κ1) is 31.3. The second-order valence-electron chi connectivity index (χ2n) is 10.4. The number of hydrogen-bond donors (Lipinski definition) is 0. The molecule has 228 valence electrons. The molecule has 5 rings (SSSR count). The average Bonchev–Trinajstić information content (AvgIpc) is 3.04. The summed E-state index contributed by atoms with van der Waals surface area (Å²) in [6.45, 7) is 0.884. The van der Waals surface area contributed by atoms with E-state index in [1.54, 1.807) is 42.6 Å². The van der Waals surface area contributed by atoms with Crippen molar-refractivity contribution in [3.05, 3.63) is 137 Å². The molecule has 3 aromatic carbocycles. The van der Waals surface area contributed by atoms with Crippen LogP contribution in [0.5, 0.6) is 5.75 Å². The van der Waals surface area contributed by atoms with Gasteiger partial charge >= 0.3 is 5.16 Å². The summed E-state index contributed by atoms with van der Waals surface area (Å²) < 4.78 is 75.0. The van der Waals surface area contributed by atoms with Gasteiger partial charge in [0.25, 0.3) is 6.43 Å². The van der Waals surface area contributed by atoms with E-state index in [1.165, 1.54) is 25.3 Å². The molecule has 0 aliphatic carbocycles. The van der Waals surface area contributed by atoms with E-state index >= 15 is 0 Å². The maximum atomic E-state index is 14.5. The molecule has 1 aliphatic heterocycles. The lowest BCUT2D eigenvalue weighted by Crippen LogP contribution is -2.20. The molecule has 0 saturated heterocycles. The van der Waals surface area contributed by atoms with Crippen LogP contribution in [-0.2, 0) is 24.1 Å². The Balaban J connectivity index is 1.36. The zero-order chi connectivity index (χ0) is 31.1. The minimum atomic E-state index is -2.89. The molecule has 2 atom stereocenters. The fourth-order valence-electron chi connectivity index (χ4n) is 5.10. The molecule has 2 unspecified atom stereocenters. The van der Waals surface area contributed by atoms with Crippen LogP contribution >= 0.6 is 0 Å². The van der Waals surface area contributed by atoms with Gasteiger partial charge in [-0.25, -0.2) is 17.6 Å². The van der Waals surface area contributed by atoms with Crippen LogP contribution in [0, 0.1) is 11.6 Å². The highest BCUT2D eigenvalue weighted by Gasteiger charge is 2.25. The van der Waals surface area contributed by atoms with Gasteiger partial charge in [0.15, 0.2) is 11.6 Å². The highest BCUT2D eigenvalue weighted by Crippen LogP contribution is 2.29. The normalized spacial score (nSPS) is 14.4. The van der Waals surface area contributed by atoms with Crippen LogP contribution in [0.3, 0.4) is 0 Å². The number of ether oxygens (including phenoxy) is 1. The zero-order valence-electron chi connectivity index (χ0n) is 24.0. The molecular weight excluding hydrogens is 590 g/mol. The molecule has 4 aromatic rings. The highest BCUT2D eigenvalue weighted by molar-refractivity contribution is 7.91. The predicted octanol–water partition coefficient (Wildman–Crippen LogP) is 7.64. The van der Waals surface area contributed by atoms with Crippen molar-refractivity contribution in [3.63, 3.8) is 0 Å². The minimum absolute atomic E-state index is 0.101. The third-order valence-electron chi connectivity index (χ3n) is 7.36. The van der Waals surface area contributed by atoms with Gasteiger partial charge in [-0.05, 0) is 59.7 Å². The number of halogens is 4. The van der Waals surface area contributed by atoms with Gasteiger partial charge < -0.3 is 14.2 Å². The molecule has 1 aromatic heterocycles. The van der Waals surface area contributed by atoms with Crippen LogP contribution in [0.25, 0.3) is 5.57 Å². The van der Waals surface area contributed by atoms with Crippen LogP contribution < -0.4 is 4.74 Å². The van der Waals surface area contributed by atoms with Crippen molar-refractivity contribution >= 4 is 16.7 Å². The quantitative estimate of drug-likeness (QED) is 0.0925. The number of benzene rings is 3. The topological polar surface area (TPSA) is 61.3 Å². The van der Waals surface area contributed by atoms with E-state index in [1.807, 2.05) is 41.3 Å². The van der Waals surface area contributed by atoms with Crippen LogP contribution in [0.2, 0.25) is 0 Å². The first-order valence-electron chi connectivity index (χ1n) is 14.1. The van der Waals surface area contributed by atoms with Crippen molar-refractivity contribution in [2.45, 2.75) is 36.9 Å². The molecule has 1 aliphatic rings. The molecule has 0 bridgehead atoms. The second kappa shape index (κ2) is 14.5. The lowest BCUT2D eigenvalue weighted by Gasteiger charge is -2.23. The zero-order valence-corrected chi connectivity index (χ0v) is 24.8. The summed E-state index contributed by atoms with van der Waals surface area (Å²) in [6, 6.07) is 22.0. The molecule has 44 heavy (non-hydrogen) atoms. The molecule has 10 heteroatoms. The molecular formula is C34H31F4N3O2S. The largest absolute Gasteiger partial charge is 0.609 e. The molecule has 5 nitrogen and oxygen atoms in total. The Morgan fingerprint density at radius 1 is 0.955 bits per heavy atom. The summed E-state index contributed by atoms with van der Waals surface area (Å²) in [5, 5.41) is -0.181. The van der Waals surface area contributed by atoms with Crippen molar-refractivity contribution in [1.29, 1.82) is 0 Å². The van der Waals surface area contributed by atoms with Crippen molar-refractivity contribution in [1.82, 2.24) is 14.9 Å². The first-order chi connectivity index (χ1) is 21.3. The van der Waals surface area contributed by atoms with Gasteiger partial charge in [-0.1, -0.05) is 66.7 Å². The molecule has 0 radical (unpaired) electrons. The first-order valence-corrected chi connectivity index (χ1v) is 15.4. The van der Waals surface area contributed by atoms with Crippen LogP contribution in [0.4, 0.5) is 17.6 Å². The Bertz CT molecular complexity index is 1630. The van der Waals surface area contributed by atoms with Gasteiger partial charge in [-0.3, -0.25) is 0 Å². The Morgan fingerprint density at radius 3 is 2.45 bits per heavy atom. The second-order valence-corrected chi connectivity index (χ2v) is 11.9. The number of nitrogens with zero attached hydrogens (tertiary/aromatic N) is 3. The lowest BCUT2D eigenvalue weighted by atomic mass is 9.90. The highest BCUT2D eigenvalue weighted by atomic mass is 32.2. The van der Waals surface area contributed by atoms with Crippen LogP contribution in [0.15, 0.2) is 102 Å². The Morgan fingerprint density at radius 2 is 1.73 bits per heavy atom. The van der Waals surface area contributed by atoms with E-state index in [0.717, 1.165) is 5.56 Å². The number of hydrogen-bond acceptors (Lipinski definition) is 5. The summed E-state index contributed by atoms with van der Waals surface area (Å²) >= 11 is -1.80. The fraction of sp³-hybridized carbons (Fsp3) is 0.235. The predicted molar refractivity (Wildman–Crippen MR) is 163 cm³/mol. The van der Waals surface area contributed by atoms with Crippen molar-refractivity contribution in [3.8, 4) is 5.75 Å². The standard InChI is InChI=1S/C34H31F4N3O2S/c1-43-32-14-13-23(18-29(32)36)21-41-16-7-11-27(22-41)30-20-31(33(37)38)40-34(39-30)44(42)17-15-25(24-8-3-2-4-9-24)19-26-10-5-6-12-28(26)35/h2-14,18,20,22,25,33H,15-17,19,21H2,1H3. The van der Waals surface area contributed by atoms with Gasteiger partial charge in [-0.15, -0.1) is 0 Å². The fourth-order valence-corrected chi connectivity index (χ4v) is 6.19. The third-order valence-corrected chi connectivity index (χ3v) is 8.55. The van der Waals surface area contributed by atoms with E-state index in [2.05, 4.69) is 9.97 Å². The molecule has 0 saturated carbocycles. The SMILES string of the molecule is COc1ccc(CN2C=C(c3cc(C(F)F)nc([S+]([O-])CCC(Cc4ccccc4F)c4ccccc4)n3)C=CC2)cc1F. The summed E-state index contributed by atoms with van der Waals surface area (Å²) in [6.07, 6.45) is 3.27. The Hall–Kier alpha value is -4.15. The van der Waals surface area contributed by atoms with Gasteiger partial charge in [0.1, 0.15) is 17.3 Å². The summed E-state index contributed by atoms with van der Waals surface area (Å²) in [4.78, 5) is 10.3. The van der Waals surface area contributed by atoms with Gasteiger partial charge in [-0.2, -0.15) is 9.97 Å². The number of allylic oxidation sites excluding steroid dienone is 2. The monoisotopic (exact) mass is 621 g/mol. The maximum absolute atomic E-state index is 14.5. The summed E-state index contributed by atoms with van der Waals surface area (Å²) in [7, 11) is 1.40. The van der Waals surface area contributed by atoms with Gasteiger partial charge in [0.05, 0.1) is 12.8 Å². The molecule has 0 spiro atoms. The van der Waals surface area contributed by atoms with E-state index in [-0.39, 0.29) is 34.1 Å². The Labute approximate surface area is 257 Å². The molecule has 0 fully saturated rings. The molecule has 0 N–H and O–H groups in total. The number of methoxy groups -OCH3 is 1. The summed E-state index contributed by atoms with van der Waals surface area (Å²) in [5.74, 6) is -0.701. The van der Waals surface area contributed by atoms with E-state index in [4.69, 9.17) is 4.74 Å². The van der Waals surface area contributed by atoms with Crippen molar-refractivity contribution in [2.75, 3.05) is 19.4 Å². The van der Waals surface area contributed by atoms with E-state index in [9.17, 15) is 22.1 Å². The minimum Gasteiger partial charge on any atom is -0.609 e. The van der Waals surface area contributed by atoms with E-state index < -0.39 is 29.1 Å². The maximum Gasteiger partial charge on any atom is 0.343 e. The van der Waals surface area contributed by atoms with E-state index in [0.29, 0.717) is 42.6 Å². The van der Waals surface area contributed by atoms with Crippen LogP contribution in [-0.4, -0.2) is 38.8 Å². The van der Waals surface area contributed by atoms with Crippen molar-refractivity contribution < 1.29 is 26.9 Å². The average molecular weight is 622 g/mol. The lowest BCUT2D eigenvalue weighted by molar-refractivity contribution is 0.145. The third kappa shape index (κ3) is 7.86. The number of rotatable bonds is 12. The van der Waals surface area contributed by atoms with Crippen molar-refractivity contribution in [2.24, 2.45) is 0 Å². The number of aromatic nitrogens is 2. The van der Waals surface area contributed by atoms with Gasteiger partial charge in [0, 0.05) is 36.0 Å². The Kier molecular flexibility index (Phi) is 10.3. The smallest absolute Gasteiger partial charge is 0.343 e. The molecule has 2 heterocycles. The number of alkyl halides is 2. The summed E-state index contributed by atoms with van der Waals surface area (Å²) in [5.41, 5.74) is 2.44. The van der Waals surface area contributed by atoms with Gasteiger partial charge in [0.2, 0.25) is 0 Å². The molecule has 0 amide bonds.